The lowest BCUT2D eigenvalue weighted by atomic mass is 10.1. The maximum Gasteiger partial charge on any atom is 0.309 e. The highest BCUT2D eigenvalue weighted by Crippen LogP contribution is 2.61. The van der Waals surface area contributed by atoms with Gasteiger partial charge in [-0.2, -0.15) is 8.42 Å². The first-order chi connectivity index (χ1) is 8.14. The zero-order chi connectivity index (χ0) is 14.1. The first-order valence-electron chi connectivity index (χ1n) is 5.95. The van der Waals surface area contributed by atoms with Gasteiger partial charge in [0.05, 0.1) is 12.5 Å². The van der Waals surface area contributed by atoms with E-state index in [9.17, 15) is 18.3 Å². The average molecular weight is 280 g/mol. The average Bonchev–Trinajstić information content (AvgIpc) is 2.79. The zero-order valence-corrected chi connectivity index (χ0v) is 11.6. The molecule has 3 atom stereocenters. The largest absolute Gasteiger partial charge is 0.465 e. The van der Waals surface area contributed by atoms with Gasteiger partial charge in [0.15, 0.2) is 5.44 Å². The standard InChI is InChI=1S/C11H20O6S/c1-4-5-6-17-9(12)7-8(11(7,2)3)10(13)18(14,15)16/h7-8,10,13H,4-6H2,1-3H3,(H,14,15,16). The molecule has 6 nitrogen and oxygen atoms in total. The smallest absolute Gasteiger partial charge is 0.309 e. The van der Waals surface area contributed by atoms with Crippen LogP contribution in [0.5, 0.6) is 0 Å². The fraction of sp³-hybridized carbons (Fsp3) is 0.909. The number of hydrogen-bond donors (Lipinski definition) is 2. The van der Waals surface area contributed by atoms with Crippen molar-refractivity contribution in [3.8, 4) is 0 Å². The van der Waals surface area contributed by atoms with E-state index in [1.54, 1.807) is 13.8 Å². The van der Waals surface area contributed by atoms with Crippen molar-refractivity contribution in [1.29, 1.82) is 0 Å². The Kier molecular flexibility index (Phi) is 4.40. The van der Waals surface area contributed by atoms with Gasteiger partial charge in [-0.3, -0.25) is 9.35 Å². The van der Waals surface area contributed by atoms with E-state index in [-0.39, 0.29) is 6.61 Å². The van der Waals surface area contributed by atoms with Crippen LogP contribution in [0.2, 0.25) is 0 Å². The molecule has 0 spiro atoms. The van der Waals surface area contributed by atoms with Gasteiger partial charge in [0.1, 0.15) is 0 Å². The number of aliphatic hydroxyl groups excluding tert-OH is 1. The van der Waals surface area contributed by atoms with Gasteiger partial charge >= 0.3 is 5.97 Å². The minimum absolute atomic E-state index is 0.288. The number of carbonyl (C=O) groups excluding carboxylic acids is 1. The quantitative estimate of drug-likeness (QED) is 0.424. The summed E-state index contributed by atoms with van der Waals surface area (Å²) in [4.78, 5) is 11.7. The van der Waals surface area contributed by atoms with E-state index in [0.717, 1.165) is 12.8 Å². The van der Waals surface area contributed by atoms with Crippen LogP contribution in [0.3, 0.4) is 0 Å². The maximum atomic E-state index is 11.7. The number of esters is 1. The van der Waals surface area contributed by atoms with Gasteiger partial charge in [-0.25, -0.2) is 0 Å². The van der Waals surface area contributed by atoms with Crippen molar-refractivity contribution < 1.29 is 27.6 Å². The molecular weight excluding hydrogens is 260 g/mol. The van der Waals surface area contributed by atoms with E-state index < -0.39 is 38.8 Å². The highest BCUT2D eigenvalue weighted by Gasteiger charge is 2.67. The Morgan fingerprint density at radius 3 is 2.44 bits per heavy atom. The van der Waals surface area contributed by atoms with Crippen LogP contribution in [0, 0.1) is 17.3 Å². The highest BCUT2D eigenvalue weighted by molar-refractivity contribution is 7.86. The second-order valence-electron chi connectivity index (χ2n) is 5.25. The molecule has 1 fully saturated rings. The number of unbranched alkanes of at least 4 members (excludes halogenated alkanes) is 1. The first kappa shape index (κ1) is 15.4. The summed E-state index contributed by atoms with van der Waals surface area (Å²) in [6.07, 6.45) is 1.63. The van der Waals surface area contributed by atoms with Gasteiger partial charge in [-0.05, 0) is 11.8 Å². The fourth-order valence-electron chi connectivity index (χ4n) is 2.25. The number of ether oxygens (including phenoxy) is 1. The van der Waals surface area contributed by atoms with Gasteiger partial charge in [-0.15, -0.1) is 0 Å². The van der Waals surface area contributed by atoms with E-state index in [1.807, 2.05) is 6.92 Å². The van der Waals surface area contributed by atoms with Crippen molar-refractivity contribution in [2.75, 3.05) is 6.61 Å². The van der Waals surface area contributed by atoms with E-state index >= 15 is 0 Å². The molecule has 0 aromatic carbocycles. The molecule has 0 saturated heterocycles. The second kappa shape index (κ2) is 5.14. The van der Waals surface area contributed by atoms with Crippen molar-refractivity contribution in [1.82, 2.24) is 0 Å². The molecule has 0 aromatic heterocycles. The lowest BCUT2D eigenvalue weighted by Gasteiger charge is -2.07. The lowest BCUT2D eigenvalue weighted by molar-refractivity contribution is -0.146. The summed E-state index contributed by atoms with van der Waals surface area (Å²) < 4.78 is 35.6. The van der Waals surface area contributed by atoms with Crippen LogP contribution >= 0.6 is 0 Å². The van der Waals surface area contributed by atoms with Crippen molar-refractivity contribution >= 4 is 16.1 Å². The number of rotatable bonds is 6. The molecule has 1 saturated carbocycles. The molecule has 0 amide bonds. The Morgan fingerprint density at radius 1 is 1.44 bits per heavy atom. The Bertz CT molecular complexity index is 413. The summed E-state index contributed by atoms with van der Waals surface area (Å²) in [5.74, 6) is -2.02. The summed E-state index contributed by atoms with van der Waals surface area (Å²) in [7, 11) is -4.55. The molecule has 0 bridgehead atoms. The normalized spacial score (nSPS) is 27.6. The fourth-order valence-corrected chi connectivity index (χ4v) is 3.13. The summed E-state index contributed by atoms with van der Waals surface area (Å²) in [5.41, 5.74) is -2.62. The van der Waals surface area contributed by atoms with Crippen LogP contribution in [0.15, 0.2) is 0 Å². The van der Waals surface area contributed by atoms with Crippen molar-refractivity contribution in [2.24, 2.45) is 17.3 Å². The molecule has 106 valence electrons. The Labute approximate surface area is 107 Å². The molecule has 0 radical (unpaired) electrons. The van der Waals surface area contributed by atoms with Crippen LogP contribution in [-0.4, -0.2) is 36.1 Å². The third-order valence-corrected chi connectivity index (χ3v) is 4.42. The monoisotopic (exact) mass is 280 g/mol. The third-order valence-electron chi connectivity index (χ3n) is 3.52. The molecule has 0 heterocycles. The summed E-state index contributed by atoms with van der Waals surface area (Å²) in [5, 5.41) is 9.51. The highest BCUT2D eigenvalue weighted by atomic mass is 32.2. The maximum absolute atomic E-state index is 11.7. The Hall–Kier alpha value is -0.660. The van der Waals surface area contributed by atoms with E-state index in [4.69, 9.17) is 9.29 Å². The van der Waals surface area contributed by atoms with Crippen LogP contribution in [0.1, 0.15) is 33.6 Å². The Morgan fingerprint density at radius 2 is 2.00 bits per heavy atom. The minimum Gasteiger partial charge on any atom is -0.465 e. The van der Waals surface area contributed by atoms with Gasteiger partial charge in [0.2, 0.25) is 0 Å². The summed E-state index contributed by atoms with van der Waals surface area (Å²) in [6, 6.07) is 0. The number of carbonyl (C=O) groups is 1. The van der Waals surface area contributed by atoms with Gasteiger partial charge in [0.25, 0.3) is 10.1 Å². The number of aliphatic hydroxyl groups is 1. The Balaban J connectivity index is 2.66. The number of hydrogen-bond acceptors (Lipinski definition) is 5. The van der Waals surface area contributed by atoms with E-state index in [0.29, 0.717) is 0 Å². The van der Waals surface area contributed by atoms with Crippen LogP contribution in [0.4, 0.5) is 0 Å². The molecular formula is C11H20O6S. The molecule has 7 heteroatoms. The predicted molar refractivity (Wildman–Crippen MR) is 64.2 cm³/mol. The lowest BCUT2D eigenvalue weighted by Crippen LogP contribution is -2.25. The summed E-state index contributed by atoms with van der Waals surface area (Å²) in [6.45, 7) is 5.58. The summed E-state index contributed by atoms with van der Waals surface area (Å²) >= 11 is 0. The van der Waals surface area contributed by atoms with Crippen molar-refractivity contribution in [3.63, 3.8) is 0 Å². The minimum atomic E-state index is -4.55. The van der Waals surface area contributed by atoms with E-state index in [1.165, 1.54) is 0 Å². The molecule has 0 aromatic rings. The van der Waals surface area contributed by atoms with Gasteiger partial charge < -0.3 is 9.84 Å². The molecule has 1 rings (SSSR count). The molecule has 1 aliphatic rings. The predicted octanol–water partition coefficient (Wildman–Crippen LogP) is 0.808. The van der Waals surface area contributed by atoms with Crippen LogP contribution in [-0.2, 0) is 19.6 Å². The van der Waals surface area contributed by atoms with Crippen molar-refractivity contribution in [3.05, 3.63) is 0 Å². The van der Waals surface area contributed by atoms with E-state index in [2.05, 4.69) is 0 Å². The zero-order valence-electron chi connectivity index (χ0n) is 10.8. The molecule has 3 unspecified atom stereocenters. The van der Waals surface area contributed by atoms with Gasteiger partial charge in [0, 0.05) is 5.92 Å². The van der Waals surface area contributed by atoms with Crippen LogP contribution in [0.25, 0.3) is 0 Å². The van der Waals surface area contributed by atoms with Crippen molar-refractivity contribution in [2.45, 2.75) is 39.0 Å². The third kappa shape index (κ3) is 3.02. The topological polar surface area (TPSA) is 101 Å². The first-order valence-corrected chi connectivity index (χ1v) is 7.45. The molecule has 0 aliphatic heterocycles. The second-order valence-corrected chi connectivity index (χ2v) is 6.76. The van der Waals surface area contributed by atoms with Gasteiger partial charge in [-0.1, -0.05) is 27.2 Å². The molecule has 1 aliphatic carbocycles. The molecule has 18 heavy (non-hydrogen) atoms. The van der Waals surface area contributed by atoms with Crippen LogP contribution < -0.4 is 0 Å². The molecule has 2 N–H and O–H groups in total. The SMILES string of the molecule is CCCCOC(=O)C1C(C(O)S(=O)(=O)O)C1(C)C.